The Morgan fingerprint density at radius 1 is 1.22 bits per heavy atom. The molecule has 2 heterocycles. The second-order valence-corrected chi connectivity index (χ2v) is 8.27. The maximum Gasteiger partial charge on any atom is 0.350 e. The summed E-state index contributed by atoms with van der Waals surface area (Å²) in [5.74, 6) is -1.53. The largest absolute Gasteiger partial charge is 0.465 e. The maximum atomic E-state index is 11.9. The number of ether oxygens (including phenoxy) is 2. The zero-order valence-corrected chi connectivity index (χ0v) is 16.5. The summed E-state index contributed by atoms with van der Waals surface area (Å²) in [6, 6.07) is 9.29. The number of hydrogen-bond donors (Lipinski definition) is 1. The van der Waals surface area contributed by atoms with Crippen LogP contribution in [0.25, 0.3) is 10.2 Å². The van der Waals surface area contributed by atoms with Crippen LogP contribution in [-0.2, 0) is 19.1 Å². The number of amides is 1. The molecule has 0 atom stereocenters. The number of hydrogen-bond acceptors (Lipinski definition) is 9. The van der Waals surface area contributed by atoms with Gasteiger partial charge in [0.25, 0.3) is 5.91 Å². The number of nitrogens with zero attached hydrogens (tertiary/aromatic N) is 1. The topological polar surface area (TPSA) is 94.6 Å². The van der Waals surface area contributed by atoms with E-state index in [1.54, 1.807) is 11.4 Å². The van der Waals surface area contributed by atoms with Crippen LogP contribution in [0.4, 0.5) is 5.69 Å². The summed E-state index contributed by atoms with van der Waals surface area (Å²) in [6.45, 7) is -0.435. The van der Waals surface area contributed by atoms with E-state index < -0.39 is 24.5 Å². The standard InChI is InChI=1S/C17H14N2O5S3/c1-23-16(22)15-11(6-7-25-15)18-13(20)8-24-14(21)9-26-17-19-10-4-2-3-5-12(10)27-17/h2-7H,8-9H2,1H3,(H,18,20). The van der Waals surface area contributed by atoms with Crippen molar-refractivity contribution >= 4 is 68.2 Å². The van der Waals surface area contributed by atoms with Crippen molar-refractivity contribution in [3.8, 4) is 0 Å². The molecule has 0 aliphatic rings. The molecule has 0 spiro atoms. The summed E-state index contributed by atoms with van der Waals surface area (Å²) < 4.78 is 11.4. The molecule has 0 aliphatic heterocycles. The molecule has 1 N–H and O–H groups in total. The minimum absolute atomic E-state index is 0.0545. The molecule has 1 aromatic carbocycles. The molecule has 1 amide bonds. The lowest BCUT2D eigenvalue weighted by Gasteiger charge is -2.06. The molecule has 0 unspecified atom stereocenters. The minimum atomic E-state index is -0.537. The first kappa shape index (κ1) is 19.3. The van der Waals surface area contributed by atoms with Crippen molar-refractivity contribution in [2.24, 2.45) is 0 Å². The number of carbonyl (C=O) groups excluding carboxylic acids is 3. The summed E-state index contributed by atoms with van der Waals surface area (Å²) in [6.07, 6.45) is 0. The fraction of sp³-hybridized carbons (Fsp3) is 0.176. The van der Waals surface area contributed by atoms with Gasteiger partial charge in [-0.25, -0.2) is 9.78 Å². The van der Waals surface area contributed by atoms with Crippen molar-refractivity contribution < 1.29 is 23.9 Å². The minimum Gasteiger partial charge on any atom is -0.465 e. The first-order valence-electron chi connectivity index (χ1n) is 7.66. The highest BCUT2D eigenvalue weighted by atomic mass is 32.2. The predicted molar refractivity (Wildman–Crippen MR) is 106 cm³/mol. The van der Waals surface area contributed by atoms with E-state index in [4.69, 9.17) is 4.74 Å². The lowest BCUT2D eigenvalue weighted by molar-refractivity contribution is -0.144. The number of thioether (sulfide) groups is 1. The maximum absolute atomic E-state index is 11.9. The van der Waals surface area contributed by atoms with Gasteiger partial charge < -0.3 is 14.8 Å². The molecule has 3 aromatic rings. The van der Waals surface area contributed by atoms with E-state index in [9.17, 15) is 14.4 Å². The first-order valence-corrected chi connectivity index (χ1v) is 10.3. The highest BCUT2D eigenvalue weighted by molar-refractivity contribution is 8.01. The molecular weight excluding hydrogens is 408 g/mol. The van der Waals surface area contributed by atoms with Crippen molar-refractivity contribution in [3.05, 3.63) is 40.6 Å². The highest BCUT2D eigenvalue weighted by Crippen LogP contribution is 2.29. The van der Waals surface area contributed by atoms with Crippen LogP contribution in [0.3, 0.4) is 0 Å². The second-order valence-electron chi connectivity index (χ2n) is 5.10. The third-order valence-corrected chi connectivity index (χ3v) is 6.31. The van der Waals surface area contributed by atoms with Gasteiger partial charge >= 0.3 is 11.9 Å². The zero-order valence-electron chi connectivity index (χ0n) is 14.1. The molecule has 0 saturated carbocycles. The Kier molecular flexibility index (Phi) is 6.43. The van der Waals surface area contributed by atoms with Crippen LogP contribution >= 0.6 is 34.4 Å². The number of fused-ring (bicyclic) bond motifs is 1. The number of benzene rings is 1. The average Bonchev–Trinajstić information content (AvgIpc) is 3.30. The number of para-hydroxylation sites is 1. The van der Waals surface area contributed by atoms with Crippen LogP contribution in [0.1, 0.15) is 9.67 Å². The Morgan fingerprint density at radius 2 is 2.04 bits per heavy atom. The molecule has 140 valence electrons. The molecule has 3 rings (SSSR count). The Balaban J connectivity index is 1.45. The van der Waals surface area contributed by atoms with E-state index in [-0.39, 0.29) is 10.6 Å². The molecule has 0 saturated heterocycles. The molecule has 0 aliphatic carbocycles. The molecular formula is C17H14N2O5S3. The molecule has 2 aromatic heterocycles. The van der Waals surface area contributed by atoms with Gasteiger partial charge in [0.05, 0.1) is 28.8 Å². The monoisotopic (exact) mass is 422 g/mol. The van der Waals surface area contributed by atoms with Crippen LogP contribution in [0.15, 0.2) is 40.1 Å². The van der Waals surface area contributed by atoms with E-state index in [1.165, 1.54) is 30.2 Å². The molecule has 27 heavy (non-hydrogen) atoms. The molecule has 7 nitrogen and oxygen atoms in total. The Labute approximate surface area is 166 Å². The van der Waals surface area contributed by atoms with Gasteiger partial charge in [0.1, 0.15) is 4.88 Å². The van der Waals surface area contributed by atoms with Crippen molar-refractivity contribution in [2.45, 2.75) is 4.34 Å². The van der Waals surface area contributed by atoms with Crippen molar-refractivity contribution in [1.82, 2.24) is 4.98 Å². The number of carbonyl (C=O) groups is 3. The third-order valence-electron chi connectivity index (χ3n) is 3.26. The lowest BCUT2D eigenvalue weighted by Crippen LogP contribution is -2.22. The Hall–Kier alpha value is -2.43. The quantitative estimate of drug-likeness (QED) is 0.460. The highest BCUT2D eigenvalue weighted by Gasteiger charge is 2.16. The van der Waals surface area contributed by atoms with Crippen molar-refractivity contribution in [2.75, 3.05) is 24.8 Å². The van der Waals surface area contributed by atoms with E-state index in [0.29, 0.717) is 5.69 Å². The van der Waals surface area contributed by atoms with Gasteiger partial charge in [0.2, 0.25) is 0 Å². The van der Waals surface area contributed by atoms with Gasteiger partial charge in [-0.1, -0.05) is 23.9 Å². The first-order chi connectivity index (χ1) is 13.1. The van der Waals surface area contributed by atoms with E-state index in [2.05, 4.69) is 15.0 Å². The number of rotatable bonds is 7. The SMILES string of the molecule is COC(=O)c1sccc1NC(=O)COC(=O)CSc1nc2ccccc2s1. The van der Waals surface area contributed by atoms with E-state index >= 15 is 0 Å². The van der Waals surface area contributed by atoms with Crippen molar-refractivity contribution in [3.63, 3.8) is 0 Å². The normalized spacial score (nSPS) is 10.6. The van der Waals surface area contributed by atoms with E-state index in [1.807, 2.05) is 24.3 Å². The molecule has 0 bridgehead atoms. The van der Waals surface area contributed by atoms with Crippen LogP contribution in [0.2, 0.25) is 0 Å². The molecule has 10 heteroatoms. The Morgan fingerprint density at radius 3 is 2.81 bits per heavy atom. The van der Waals surface area contributed by atoms with Gasteiger partial charge in [-0.15, -0.1) is 22.7 Å². The zero-order chi connectivity index (χ0) is 19.2. The molecule has 0 fully saturated rings. The van der Waals surface area contributed by atoms with Crippen molar-refractivity contribution in [1.29, 1.82) is 0 Å². The van der Waals surface area contributed by atoms with Crippen LogP contribution in [0.5, 0.6) is 0 Å². The number of methoxy groups -OCH3 is 1. The van der Waals surface area contributed by atoms with Crippen LogP contribution < -0.4 is 5.32 Å². The van der Waals surface area contributed by atoms with E-state index in [0.717, 1.165) is 25.9 Å². The third kappa shape index (κ3) is 5.06. The van der Waals surface area contributed by atoms with Gasteiger partial charge in [0, 0.05) is 0 Å². The fourth-order valence-corrected chi connectivity index (χ4v) is 4.70. The van der Waals surface area contributed by atoms with Crippen LogP contribution in [0, 0.1) is 0 Å². The van der Waals surface area contributed by atoms with Gasteiger partial charge in [-0.3, -0.25) is 9.59 Å². The fourth-order valence-electron chi connectivity index (χ4n) is 2.07. The lowest BCUT2D eigenvalue weighted by atomic mass is 10.3. The summed E-state index contributed by atoms with van der Waals surface area (Å²) in [4.78, 5) is 40.0. The summed E-state index contributed by atoms with van der Waals surface area (Å²) in [5, 5.41) is 4.18. The van der Waals surface area contributed by atoms with Gasteiger partial charge in [0.15, 0.2) is 10.9 Å². The smallest absolute Gasteiger partial charge is 0.350 e. The predicted octanol–water partition coefficient (Wildman–Crippen LogP) is 3.42. The average molecular weight is 423 g/mol. The van der Waals surface area contributed by atoms with Crippen LogP contribution in [-0.4, -0.2) is 42.3 Å². The number of thiophene rings is 1. The second kappa shape index (κ2) is 8.98. The summed E-state index contributed by atoms with van der Waals surface area (Å²) >= 11 is 3.91. The summed E-state index contributed by atoms with van der Waals surface area (Å²) in [5.41, 5.74) is 1.21. The molecule has 0 radical (unpaired) electrons. The summed E-state index contributed by atoms with van der Waals surface area (Å²) in [7, 11) is 1.26. The number of aromatic nitrogens is 1. The number of nitrogens with one attached hydrogen (secondary N) is 1. The Bertz CT molecular complexity index is 949. The van der Waals surface area contributed by atoms with Gasteiger partial charge in [-0.05, 0) is 23.6 Å². The van der Waals surface area contributed by atoms with Gasteiger partial charge in [-0.2, -0.15) is 0 Å². The number of esters is 2. The number of anilines is 1. The number of thiazole rings is 1.